The molecule has 7 nitrogen and oxygen atoms in total. The average Bonchev–Trinajstić information content (AvgIpc) is 3.18. The third kappa shape index (κ3) is 4.48. The molecule has 0 radical (unpaired) electrons. The molecule has 1 atom stereocenters. The summed E-state index contributed by atoms with van der Waals surface area (Å²) in [5.74, 6) is 1.31. The van der Waals surface area contributed by atoms with Crippen molar-refractivity contribution in [3.8, 4) is 22.8 Å². The summed E-state index contributed by atoms with van der Waals surface area (Å²) >= 11 is 0. The number of aromatic nitrogens is 3. The lowest BCUT2D eigenvalue weighted by Gasteiger charge is -2.14. The third-order valence-corrected chi connectivity index (χ3v) is 5.45. The number of ether oxygens (including phenoxy) is 1. The summed E-state index contributed by atoms with van der Waals surface area (Å²) in [7, 11) is 1.91. The molecule has 0 aliphatic carbocycles. The SMILES string of the molecule is CCc1cc(-c2cc(Oc3ccc4cnn(C)c4c3)ccn2)ccc1C(=O)N[C@@H](C)CN. The number of pyridine rings is 1. The van der Waals surface area contributed by atoms with E-state index >= 15 is 0 Å². The number of nitrogens with one attached hydrogen (secondary N) is 1. The number of nitrogens with two attached hydrogens (primary N) is 1. The summed E-state index contributed by atoms with van der Waals surface area (Å²) in [4.78, 5) is 17.1. The van der Waals surface area contributed by atoms with Crippen LogP contribution in [0.2, 0.25) is 0 Å². The van der Waals surface area contributed by atoms with Gasteiger partial charge in [0.1, 0.15) is 11.5 Å². The van der Waals surface area contributed by atoms with E-state index in [1.807, 2.05) is 80.3 Å². The Bertz CT molecular complexity index is 1260. The molecule has 0 bridgehead atoms. The highest BCUT2D eigenvalue weighted by molar-refractivity contribution is 5.96. The molecule has 3 N–H and O–H groups in total. The van der Waals surface area contributed by atoms with E-state index in [0.29, 0.717) is 17.9 Å². The van der Waals surface area contributed by atoms with Crippen molar-refractivity contribution in [2.75, 3.05) is 6.54 Å². The minimum Gasteiger partial charge on any atom is -0.457 e. The summed E-state index contributed by atoms with van der Waals surface area (Å²) in [6.45, 7) is 4.32. The number of fused-ring (bicyclic) bond motifs is 1. The van der Waals surface area contributed by atoms with E-state index in [9.17, 15) is 4.79 Å². The highest BCUT2D eigenvalue weighted by atomic mass is 16.5. The van der Waals surface area contributed by atoms with Gasteiger partial charge in [-0.15, -0.1) is 0 Å². The van der Waals surface area contributed by atoms with Gasteiger partial charge in [-0.25, -0.2) is 0 Å². The van der Waals surface area contributed by atoms with Crippen molar-refractivity contribution < 1.29 is 9.53 Å². The molecule has 164 valence electrons. The number of rotatable bonds is 7. The minimum atomic E-state index is -0.109. The second-order valence-electron chi connectivity index (χ2n) is 7.80. The largest absolute Gasteiger partial charge is 0.457 e. The summed E-state index contributed by atoms with van der Waals surface area (Å²) in [6, 6.07) is 15.3. The van der Waals surface area contributed by atoms with Crippen LogP contribution in [0.25, 0.3) is 22.2 Å². The molecule has 2 aromatic heterocycles. The van der Waals surface area contributed by atoms with E-state index in [-0.39, 0.29) is 11.9 Å². The van der Waals surface area contributed by atoms with Crippen molar-refractivity contribution in [1.29, 1.82) is 0 Å². The molecule has 1 amide bonds. The highest BCUT2D eigenvalue weighted by Gasteiger charge is 2.14. The van der Waals surface area contributed by atoms with Crippen LogP contribution in [0.15, 0.2) is 60.9 Å². The first-order valence-electron chi connectivity index (χ1n) is 10.7. The number of hydrogen-bond donors (Lipinski definition) is 2. The van der Waals surface area contributed by atoms with Gasteiger partial charge in [0, 0.05) is 54.5 Å². The van der Waals surface area contributed by atoms with E-state index in [2.05, 4.69) is 15.4 Å². The number of carbonyl (C=O) groups is 1. The molecule has 32 heavy (non-hydrogen) atoms. The number of carbonyl (C=O) groups excluding carboxylic acids is 1. The maximum Gasteiger partial charge on any atom is 0.251 e. The van der Waals surface area contributed by atoms with Crippen LogP contribution < -0.4 is 15.8 Å². The zero-order valence-corrected chi connectivity index (χ0v) is 18.5. The first-order chi connectivity index (χ1) is 15.5. The lowest BCUT2D eigenvalue weighted by molar-refractivity contribution is 0.0940. The molecule has 2 heterocycles. The zero-order chi connectivity index (χ0) is 22.7. The quantitative estimate of drug-likeness (QED) is 0.462. The predicted molar refractivity (Wildman–Crippen MR) is 126 cm³/mol. The standard InChI is InChI=1S/C25H27N5O2/c1-4-17-11-18(6-8-22(17)25(31)29-16(2)14-26)23-12-21(9-10-27-23)32-20-7-5-19-15-28-30(3)24(19)13-20/h5-13,15-16H,4,14,26H2,1-3H3,(H,29,31)/t16-/m0/s1. The second-order valence-corrected chi connectivity index (χ2v) is 7.80. The van der Waals surface area contributed by atoms with Crippen LogP contribution in [-0.4, -0.2) is 33.3 Å². The van der Waals surface area contributed by atoms with Gasteiger partial charge in [0.25, 0.3) is 5.91 Å². The molecule has 2 aromatic carbocycles. The lowest BCUT2D eigenvalue weighted by Crippen LogP contribution is -2.38. The van der Waals surface area contributed by atoms with Gasteiger partial charge in [0.15, 0.2) is 0 Å². The molecule has 4 aromatic rings. The van der Waals surface area contributed by atoms with E-state index in [4.69, 9.17) is 10.5 Å². The van der Waals surface area contributed by atoms with Crippen molar-refractivity contribution >= 4 is 16.8 Å². The fraction of sp³-hybridized carbons (Fsp3) is 0.240. The van der Waals surface area contributed by atoms with Gasteiger partial charge in [0.05, 0.1) is 17.4 Å². The van der Waals surface area contributed by atoms with E-state index in [1.165, 1.54) is 0 Å². The molecular formula is C25H27N5O2. The number of amides is 1. The van der Waals surface area contributed by atoms with Crippen molar-refractivity contribution in [1.82, 2.24) is 20.1 Å². The molecule has 0 saturated carbocycles. The molecular weight excluding hydrogens is 402 g/mol. The number of benzene rings is 2. The van der Waals surface area contributed by atoms with Gasteiger partial charge < -0.3 is 15.8 Å². The topological polar surface area (TPSA) is 95.1 Å². The Balaban J connectivity index is 1.59. The van der Waals surface area contributed by atoms with Crippen LogP contribution in [0, 0.1) is 0 Å². The summed E-state index contributed by atoms with van der Waals surface area (Å²) in [6.07, 6.45) is 4.28. The van der Waals surface area contributed by atoms with Crippen molar-refractivity contribution in [2.24, 2.45) is 12.8 Å². The van der Waals surface area contributed by atoms with E-state index < -0.39 is 0 Å². The Kier molecular flexibility index (Phi) is 6.18. The first-order valence-corrected chi connectivity index (χ1v) is 10.7. The Hall–Kier alpha value is -3.71. The van der Waals surface area contributed by atoms with Gasteiger partial charge in [0.2, 0.25) is 0 Å². The van der Waals surface area contributed by atoms with Crippen LogP contribution in [-0.2, 0) is 13.5 Å². The van der Waals surface area contributed by atoms with Gasteiger partial charge in [-0.1, -0.05) is 13.0 Å². The molecule has 0 fully saturated rings. The summed E-state index contributed by atoms with van der Waals surface area (Å²) in [5, 5.41) is 8.26. The fourth-order valence-electron chi connectivity index (χ4n) is 3.58. The van der Waals surface area contributed by atoms with Gasteiger partial charge >= 0.3 is 0 Å². The van der Waals surface area contributed by atoms with Crippen LogP contribution in [0.5, 0.6) is 11.5 Å². The van der Waals surface area contributed by atoms with E-state index in [1.54, 1.807) is 6.20 Å². The maximum absolute atomic E-state index is 12.6. The number of hydrogen-bond acceptors (Lipinski definition) is 5. The fourth-order valence-corrected chi connectivity index (χ4v) is 3.58. The lowest BCUT2D eigenvalue weighted by atomic mass is 9.99. The molecule has 0 aliphatic heterocycles. The van der Waals surface area contributed by atoms with Crippen molar-refractivity contribution in [3.63, 3.8) is 0 Å². The van der Waals surface area contributed by atoms with Gasteiger partial charge in [-0.05, 0) is 49.2 Å². The third-order valence-electron chi connectivity index (χ3n) is 5.45. The molecule has 0 aliphatic rings. The number of nitrogens with zero attached hydrogens (tertiary/aromatic N) is 3. The summed E-state index contributed by atoms with van der Waals surface area (Å²) < 4.78 is 7.91. The van der Waals surface area contributed by atoms with Crippen LogP contribution >= 0.6 is 0 Å². The molecule has 0 unspecified atom stereocenters. The monoisotopic (exact) mass is 429 g/mol. The van der Waals surface area contributed by atoms with Crippen LogP contribution in [0.3, 0.4) is 0 Å². The Morgan fingerprint density at radius 2 is 1.97 bits per heavy atom. The smallest absolute Gasteiger partial charge is 0.251 e. The molecule has 0 saturated heterocycles. The van der Waals surface area contributed by atoms with Crippen LogP contribution in [0.1, 0.15) is 29.8 Å². The van der Waals surface area contributed by atoms with Crippen molar-refractivity contribution in [2.45, 2.75) is 26.3 Å². The van der Waals surface area contributed by atoms with Gasteiger partial charge in [-0.2, -0.15) is 5.10 Å². The zero-order valence-electron chi connectivity index (χ0n) is 18.5. The Morgan fingerprint density at radius 3 is 2.75 bits per heavy atom. The average molecular weight is 430 g/mol. The molecule has 0 spiro atoms. The van der Waals surface area contributed by atoms with Crippen molar-refractivity contribution in [3.05, 3.63) is 72.1 Å². The normalized spacial score (nSPS) is 12.0. The second kappa shape index (κ2) is 9.20. The Labute approximate surface area is 187 Å². The summed E-state index contributed by atoms with van der Waals surface area (Å²) in [5.41, 5.74) is 9.96. The molecule has 4 rings (SSSR count). The molecule has 7 heteroatoms. The number of aryl methyl sites for hydroxylation is 2. The maximum atomic E-state index is 12.6. The van der Waals surface area contributed by atoms with E-state index in [0.717, 1.165) is 39.9 Å². The first kappa shape index (κ1) is 21.5. The van der Waals surface area contributed by atoms with Crippen LogP contribution in [0.4, 0.5) is 0 Å². The Morgan fingerprint density at radius 1 is 1.16 bits per heavy atom. The highest BCUT2D eigenvalue weighted by Crippen LogP contribution is 2.29. The van der Waals surface area contributed by atoms with Gasteiger partial charge in [-0.3, -0.25) is 14.5 Å². The predicted octanol–water partition coefficient (Wildman–Crippen LogP) is 4.07. The minimum absolute atomic E-state index is 0.0760.